The number of nitrogens with zero attached hydrogens (tertiary/aromatic N) is 2. The van der Waals surface area contributed by atoms with Crippen LogP contribution in [0.5, 0.6) is 0 Å². The van der Waals surface area contributed by atoms with Gasteiger partial charge in [-0.25, -0.2) is 4.98 Å². The largest absolute Gasteiger partial charge is 0.363 e. The van der Waals surface area contributed by atoms with E-state index in [1.54, 1.807) is 12.3 Å². The Kier molecular flexibility index (Phi) is 4.03. The molecule has 0 atom stereocenters. The summed E-state index contributed by atoms with van der Waals surface area (Å²) in [6, 6.07) is 9.48. The molecule has 0 bridgehead atoms. The van der Waals surface area contributed by atoms with Gasteiger partial charge in [-0.05, 0) is 49.2 Å². The maximum absolute atomic E-state index is 12.1. The van der Waals surface area contributed by atoms with Crippen molar-refractivity contribution in [3.8, 4) is 0 Å². The number of nitrogens with one attached hydrogen (secondary N) is 1. The molecule has 2 aromatic rings. The van der Waals surface area contributed by atoms with E-state index in [4.69, 9.17) is 0 Å². The predicted octanol–water partition coefficient (Wildman–Crippen LogP) is 3.02. The second-order valence-corrected chi connectivity index (χ2v) is 5.05. The molecule has 20 heavy (non-hydrogen) atoms. The van der Waals surface area contributed by atoms with Gasteiger partial charge in [-0.2, -0.15) is 0 Å². The molecule has 0 unspecified atom stereocenters. The van der Waals surface area contributed by atoms with Crippen molar-refractivity contribution in [1.82, 2.24) is 4.98 Å². The summed E-state index contributed by atoms with van der Waals surface area (Å²) in [4.78, 5) is 18.3. The molecule has 104 valence electrons. The number of hydrogen-bond acceptors (Lipinski definition) is 3. The van der Waals surface area contributed by atoms with E-state index in [1.807, 2.05) is 57.1 Å². The Morgan fingerprint density at radius 3 is 2.40 bits per heavy atom. The molecule has 0 aliphatic heterocycles. The van der Waals surface area contributed by atoms with Crippen molar-refractivity contribution < 1.29 is 4.79 Å². The highest BCUT2D eigenvalue weighted by Gasteiger charge is 2.07. The van der Waals surface area contributed by atoms with Crippen LogP contribution < -0.4 is 10.2 Å². The molecule has 0 saturated heterocycles. The smallest absolute Gasteiger partial charge is 0.257 e. The fourth-order valence-electron chi connectivity index (χ4n) is 1.81. The van der Waals surface area contributed by atoms with Crippen LogP contribution in [-0.2, 0) is 0 Å². The molecule has 4 nitrogen and oxygen atoms in total. The third-order valence-electron chi connectivity index (χ3n) is 3.23. The van der Waals surface area contributed by atoms with Crippen molar-refractivity contribution in [3.05, 3.63) is 53.2 Å². The van der Waals surface area contributed by atoms with Crippen LogP contribution in [0.15, 0.2) is 36.5 Å². The van der Waals surface area contributed by atoms with Crippen LogP contribution in [0.2, 0.25) is 0 Å². The van der Waals surface area contributed by atoms with Crippen molar-refractivity contribution in [3.63, 3.8) is 0 Å². The Labute approximate surface area is 119 Å². The summed E-state index contributed by atoms with van der Waals surface area (Å²) >= 11 is 0. The van der Waals surface area contributed by atoms with Crippen molar-refractivity contribution in [1.29, 1.82) is 0 Å². The van der Waals surface area contributed by atoms with Gasteiger partial charge >= 0.3 is 0 Å². The number of rotatable bonds is 3. The number of benzene rings is 1. The van der Waals surface area contributed by atoms with Crippen LogP contribution in [0.1, 0.15) is 21.5 Å². The van der Waals surface area contributed by atoms with Crippen LogP contribution in [0.25, 0.3) is 0 Å². The van der Waals surface area contributed by atoms with Crippen LogP contribution >= 0.6 is 0 Å². The molecule has 0 fully saturated rings. The lowest BCUT2D eigenvalue weighted by Gasteiger charge is -2.11. The Bertz CT molecular complexity index is 618. The van der Waals surface area contributed by atoms with E-state index >= 15 is 0 Å². The fourth-order valence-corrected chi connectivity index (χ4v) is 1.81. The van der Waals surface area contributed by atoms with Crippen molar-refractivity contribution in [2.24, 2.45) is 0 Å². The summed E-state index contributed by atoms with van der Waals surface area (Å²) in [5.41, 5.74) is 3.72. The maximum Gasteiger partial charge on any atom is 0.257 e. The highest BCUT2D eigenvalue weighted by Crippen LogP contribution is 2.15. The Hall–Kier alpha value is -2.36. The molecular formula is C16H19N3O. The van der Waals surface area contributed by atoms with E-state index in [2.05, 4.69) is 10.3 Å². The summed E-state index contributed by atoms with van der Waals surface area (Å²) in [5, 5.41) is 2.88. The highest BCUT2D eigenvalue weighted by molar-refractivity contribution is 6.04. The number of aromatic nitrogens is 1. The summed E-state index contributed by atoms with van der Waals surface area (Å²) in [6.45, 7) is 4.07. The molecule has 1 N–H and O–H groups in total. The molecule has 0 radical (unpaired) electrons. The molecule has 1 amide bonds. The van der Waals surface area contributed by atoms with Crippen molar-refractivity contribution in [2.45, 2.75) is 13.8 Å². The van der Waals surface area contributed by atoms with Gasteiger partial charge in [0.15, 0.2) is 0 Å². The minimum atomic E-state index is -0.147. The number of amides is 1. The molecule has 0 aliphatic carbocycles. The summed E-state index contributed by atoms with van der Waals surface area (Å²) < 4.78 is 0. The number of pyridine rings is 1. The van der Waals surface area contributed by atoms with E-state index in [0.717, 1.165) is 17.1 Å². The van der Waals surface area contributed by atoms with Crippen molar-refractivity contribution in [2.75, 3.05) is 24.3 Å². The summed E-state index contributed by atoms with van der Waals surface area (Å²) in [5.74, 6) is 0.679. The Balaban J connectivity index is 2.13. The zero-order chi connectivity index (χ0) is 14.7. The molecule has 1 heterocycles. The van der Waals surface area contributed by atoms with Gasteiger partial charge in [0.1, 0.15) is 5.82 Å². The van der Waals surface area contributed by atoms with E-state index in [9.17, 15) is 4.79 Å². The molecular weight excluding hydrogens is 250 g/mol. The number of carbonyl (C=O) groups excluding carboxylic acids is 1. The quantitative estimate of drug-likeness (QED) is 0.931. The third-order valence-corrected chi connectivity index (χ3v) is 3.23. The standard InChI is InChI=1S/C16H19N3O/c1-11-5-7-14(9-12(11)2)18-16(20)13-6-8-15(17-10-13)19(3)4/h5-10H,1-4H3,(H,18,20). The predicted molar refractivity (Wildman–Crippen MR) is 82.4 cm³/mol. The lowest BCUT2D eigenvalue weighted by molar-refractivity contribution is 0.102. The normalized spacial score (nSPS) is 10.2. The van der Waals surface area contributed by atoms with Crippen LogP contribution in [-0.4, -0.2) is 25.0 Å². The van der Waals surface area contributed by atoms with Gasteiger partial charge in [-0.1, -0.05) is 6.07 Å². The first-order chi connectivity index (χ1) is 9.47. The minimum Gasteiger partial charge on any atom is -0.363 e. The second-order valence-electron chi connectivity index (χ2n) is 5.05. The van der Waals surface area contributed by atoms with E-state index < -0.39 is 0 Å². The zero-order valence-electron chi connectivity index (χ0n) is 12.3. The molecule has 4 heteroatoms. The van der Waals surface area contributed by atoms with Gasteiger partial charge in [-0.3, -0.25) is 4.79 Å². The first-order valence-corrected chi connectivity index (χ1v) is 6.49. The molecule has 2 rings (SSSR count). The number of aryl methyl sites for hydroxylation is 2. The average molecular weight is 269 g/mol. The fraction of sp³-hybridized carbons (Fsp3) is 0.250. The molecule has 1 aromatic heterocycles. The van der Waals surface area contributed by atoms with E-state index in [1.165, 1.54) is 5.56 Å². The number of hydrogen-bond donors (Lipinski definition) is 1. The van der Waals surface area contributed by atoms with Gasteiger partial charge in [0.25, 0.3) is 5.91 Å². The van der Waals surface area contributed by atoms with E-state index in [-0.39, 0.29) is 5.91 Å². The first-order valence-electron chi connectivity index (χ1n) is 6.49. The molecule has 0 spiro atoms. The van der Waals surface area contributed by atoms with Crippen LogP contribution in [0, 0.1) is 13.8 Å². The number of carbonyl (C=O) groups is 1. The first kappa shape index (κ1) is 14.1. The average Bonchev–Trinajstić information content (AvgIpc) is 2.43. The van der Waals surface area contributed by atoms with Crippen LogP contribution in [0.4, 0.5) is 11.5 Å². The lowest BCUT2D eigenvalue weighted by atomic mass is 10.1. The second kappa shape index (κ2) is 5.74. The molecule has 0 saturated carbocycles. The van der Waals surface area contributed by atoms with Crippen LogP contribution in [0.3, 0.4) is 0 Å². The number of anilines is 2. The third kappa shape index (κ3) is 3.15. The highest BCUT2D eigenvalue weighted by atomic mass is 16.1. The SMILES string of the molecule is Cc1ccc(NC(=O)c2ccc(N(C)C)nc2)cc1C. The van der Waals surface area contributed by atoms with E-state index in [0.29, 0.717) is 5.56 Å². The summed E-state index contributed by atoms with van der Waals surface area (Å²) in [7, 11) is 3.83. The van der Waals surface area contributed by atoms with Crippen molar-refractivity contribution >= 4 is 17.4 Å². The topological polar surface area (TPSA) is 45.2 Å². The Morgan fingerprint density at radius 2 is 1.85 bits per heavy atom. The molecule has 1 aromatic carbocycles. The summed E-state index contributed by atoms with van der Waals surface area (Å²) in [6.07, 6.45) is 1.59. The van der Waals surface area contributed by atoms with Gasteiger partial charge in [0, 0.05) is 26.0 Å². The Morgan fingerprint density at radius 1 is 1.10 bits per heavy atom. The van der Waals surface area contributed by atoms with Gasteiger partial charge in [0.05, 0.1) is 5.56 Å². The molecule has 0 aliphatic rings. The van der Waals surface area contributed by atoms with Gasteiger partial charge < -0.3 is 10.2 Å². The van der Waals surface area contributed by atoms with Gasteiger partial charge in [-0.15, -0.1) is 0 Å². The maximum atomic E-state index is 12.1. The monoisotopic (exact) mass is 269 g/mol. The lowest BCUT2D eigenvalue weighted by Crippen LogP contribution is -2.14. The van der Waals surface area contributed by atoms with Gasteiger partial charge in [0.2, 0.25) is 0 Å². The minimum absolute atomic E-state index is 0.147. The zero-order valence-corrected chi connectivity index (χ0v) is 12.3.